The molecule has 4 heteroatoms. The van der Waals surface area contributed by atoms with Crippen molar-refractivity contribution in [2.24, 2.45) is 0 Å². The van der Waals surface area contributed by atoms with Gasteiger partial charge in [0.15, 0.2) is 5.78 Å². The number of carbonyl (C=O) groups is 2. The van der Waals surface area contributed by atoms with Crippen molar-refractivity contribution in [3.05, 3.63) is 70.7 Å². The second kappa shape index (κ2) is 6.35. The first-order chi connectivity index (χ1) is 9.58. The van der Waals surface area contributed by atoms with Crippen LogP contribution in [0.2, 0.25) is 5.02 Å². The van der Waals surface area contributed by atoms with Crippen molar-refractivity contribution in [1.82, 2.24) is 0 Å². The molecule has 0 aromatic heterocycles. The summed E-state index contributed by atoms with van der Waals surface area (Å²) in [6.45, 7) is 0. The lowest BCUT2D eigenvalue weighted by Gasteiger charge is -2.12. The molecular weight excluding hydrogens is 276 g/mol. The van der Waals surface area contributed by atoms with Crippen LogP contribution in [0.1, 0.15) is 28.3 Å². The minimum Gasteiger partial charge on any atom is -0.481 e. The first-order valence-corrected chi connectivity index (χ1v) is 6.52. The van der Waals surface area contributed by atoms with Gasteiger partial charge in [0.1, 0.15) is 0 Å². The van der Waals surface area contributed by atoms with E-state index in [0.29, 0.717) is 16.1 Å². The highest BCUT2D eigenvalue weighted by atomic mass is 35.5. The van der Waals surface area contributed by atoms with Crippen LogP contribution in [0.3, 0.4) is 0 Å². The molecule has 0 aliphatic rings. The van der Waals surface area contributed by atoms with Gasteiger partial charge < -0.3 is 5.11 Å². The van der Waals surface area contributed by atoms with E-state index in [4.69, 9.17) is 11.6 Å². The molecule has 0 aliphatic carbocycles. The Kier molecular flexibility index (Phi) is 4.53. The Bertz CT molecular complexity index is 623. The summed E-state index contributed by atoms with van der Waals surface area (Å²) in [4.78, 5) is 23.5. The zero-order valence-electron chi connectivity index (χ0n) is 10.6. The fraction of sp³-hybridized carbons (Fsp3) is 0.125. The number of carboxylic acid groups (broad SMARTS) is 1. The van der Waals surface area contributed by atoms with Gasteiger partial charge in [0, 0.05) is 17.0 Å². The molecular formula is C16H13ClO3. The third-order valence-corrected chi connectivity index (χ3v) is 3.27. The fourth-order valence-electron chi connectivity index (χ4n) is 2.00. The highest BCUT2D eigenvalue weighted by molar-refractivity contribution is 6.30. The summed E-state index contributed by atoms with van der Waals surface area (Å²) in [5.74, 6) is -2.11. The first-order valence-electron chi connectivity index (χ1n) is 6.14. The Morgan fingerprint density at radius 2 is 1.75 bits per heavy atom. The van der Waals surface area contributed by atoms with Crippen molar-refractivity contribution in [2.75, 3.05) is 0 Å². The highest BCUT2D eigenvalue weighted by Gasteiger charge is 2.24. The van der Waals surface area contributed by atoms with Crippen LogP contribution in [0, 0.1) is 0 Å². The molecule has 0 fully saturated rings. The lowest BCUT2D eigenvalue weighted by atomic mass is 9.92. The number of benzene rings is 2. The van der Waals surface area contributed by atoms with Crippen LogP contribution < -0.4 is 0 Å². The zero-order valence-corrected chi connectivity index (χ0v) is 11.4. The SMILES string of the molecule is O=C(C[C@@H](C(=O)O)c1cccc(Cl)c1)c1ccccc1. The largest absolute Gasteiger partial charge is 0.481 e. The minimum absolute atomic E-state index is 0.0836. The van der Waals surface area contributed by atoms with Gasteiger partial charge in [-0.15, -0.1) is 0 Å². The maximum atomic E-state index is 12.1. The maximum Gasteiger partial charge on any atom is 0.311 e. The van der Waals surface area contributed by atoms with Gasteiger partial charge in [-0.1, -0.05) is 54.1 Å². The number of hydrogen-bond donors (Lipinski definition) is 1. The Balaban J connectivity index is 2.23. The summed E-state index contributed by atoms with van der Waals surface area (Å²) in [6.07, 6.45) is -0.0836. The van der Waals surface area contributed by atoms with Crippen LogP contribution in [0.15, 0.2) is 54.6 Å². The standard InChI is InChI=1S/C16H13ClO3/c17-13-8-4-7-12(9-13)14(16(19)20)10-15(18)11-5-2-1-3-6-11/h1-9,14H,10H2,(H,19,20)/t14-/m1/s1. The monoisotopic (exact) mass is 288 g/mol. The van der Waals surface area contributed by atoms with E-state index >= 15 is 0 Å². The smallest absolute Gasteiger partial charge is 0.311 e. The van der Waals surface area contributed by atoms with Gasteiger partial charge in [-0.25, -0.2) is 0 Å². The summed E-state index contributed by atoms with van der Waals surface area (Å²) >= 11 is 5.87. The lowest BCUT2D eigenvalue weighted by Crippen LogP contribution is -2.16. The average Bonchev–Trinajstić information content (AvgIpc) is 2.45. The number of carbonyl (C=O) groups excluding carboxylic acids is 1. The zero-order chi connectivity index (χ0) is 14.5. The third-order valence-electron chi connectivity index (χ3n) is 3.03. The molecule has 1 N–H and O–H groups in total. The minimum atomic E-state index is -1.03. The van der Waals surface area contributed by atoms with E-state index in [2.05, 4.69) is 0 Å². The van der Waals surface area contributed by atoms with Crippen molar-refractivity contribution in [3.63, 3.8) is 0 Å². The first kappa shape index (κ1) is 14.3. The molecule has 0 spiro atoms. The van der Waals surface area contributed by atoms with Crippen LogP contribution in [-0.2, 0) is 4.79 Å². The predicted molar refractivity (Wildman–Crippen MR) is 77.2 cm³/mol. The molecule has 2 rings (SSSR count). The van der Waals surface area contributed by atoms with E-state index in [9.17, 15) is 14.7 Å². The molecule has 20 heavy (non-hydrogen) atoms. The Morgan fingerprint density at radius 3 is 2.35 bits per heavy atom. The molecule has 3 nitrogen and oxygen atoms in total. The molecule has 2 aromatic rings. The van der Waals surface area contributed by atoms with E-state index in [1.54, 1.807) is 48.5 Å². The van der Waals surface area contributed by atoms with Crippen LogP contribution in [0.25, 0.3) is 0 Å². The van der Waals surface area contributed by atoms with Gasteiger partial charge in [-0.05, 0) is 17.7 Å². The molecule has 0 bridgehead atoms. The Hall–Kier alpha value is -2.13. The normalized spacial score (nSPS) is 11.8. The number of rotatable bonds is 5. The summed E-state index contributed by atoms with van der Waals surface area (Å²) in [5, 5.41) is 9.78. The van der Waals surface area contributed by atoms with Gasteiger partial charge in [-0.2, -0.15) is 0 Å². The number of hydrogen-bond acceptors (Lipinski definition) is 2. The van der Waals surface area contributed by atoms with Crippen molar-refractivity contribution in [1.29, 1.82) is 0 Å². The van der Waals surface area contributed by atoms with Gasteiger partial charge in [-0.3, -0.25) is 9.59 Å². The van der Waals surface area contributed by atoms with Crippen LogP contribution in [0.4, 0.5) is 0 Å². The number of aliphatic carboxylic acids is 1. The van der Waals surface area contributed by atoms with Crippen LogP contribution in [-0.4, -0.2) is 16.9 Å². The number of halogens is 1. The topological polar surface area (TPSA) is 54.4 Å². The lowest BCUT2D eigenvalue weighted by molar-refractivity contribution is -0.138. The van der Waals surface area contributed by atoms with Crippen molar-refractivity contribution >= 4 is 23.4 Å². The summed E-state index contributed by atoms with van der Waals surface area (Å²) in [6, 6.07) is 15.3. The summed E-state index contributed by atoms with van der Waals surface area (Å²) in [5.41, 5.74) is 1.05. The van der Waals surface area contributed by atoms with Crippen molar-refractivity contribution < 1.29 is 14.7 Å². The second-order valence-corrected chi connectivity index (χ2v) is 4.88. The van der Waals surface area contributed by atoms with E-state index in [1.165, 1.54) is 0 Å². The molecule has 0 aliphatic heterocycles. The van der Waals surface area contributed by atoms with Crippen molar-refractivity contribution in [3.8, 4) is 0 Å². The molecule has 1 atom stereocenters. The third kappa shape index (κ3) is 3.45. The molecule has 0 unspecified atom stereocenters. The van der Waals surface area contributed by atoms with Crippen LogP contribution >= 0.6 is 11.6 Å². The highest BCUT2D eigenvalue weighted by Crippen LogP contribution is 2.24. The number of carboxylic acids is 1. The van der Waals surface area contributed by atoms with Crippen molar-refractivity contribution in [2.45, 2.75) is 12.3 Å². The molecule has 0 amide bonds. The number of ketones is 1. The van der Waals surface area contributed by atoms with Gasteiger partial charge >= 0.3 is 5.97 Å². The predicted octanol–water partition coefficient (Wildman–Crippen LogP) is 3.78. The van der Waals surface area contributed by atoms with E-state index in [-0.39, 0.29) is 12.2 Å². The second-order valence-electron chi connectivity index (χ2n) is 4.44. The Morgan fingerprint density at radius 1 is 1.05 bits per heavy atom. The van der Waals surface area contributed by atoms with E-state index < -0.39 is 11.9 Å². The molecule has 0 radical (unpaired) electrons. The molecule has 102 valence electrons. The molecule has 0 saturated carbocycles. The summed E-state index contributed by atoms with van der Waals surface area (Å²) < 4.78 is 0. The quantitative estimate of drug-likeness (QED) is 0.852. The van der Waals surface area contributed by atoms with E-state index in [0.717, 1.165) is 0 Å². The Labute approximate surface area is 121 Å². The molecule has 0 heterocycles. The number of Topliss-reactive ketones (excluding diaryl/α,β-unsaturated/α-hetero) is 1. The van der Waals surface area contributed by atoms with Gasteiger partial charge in [0.2, 0.25) is 0 Å². The van der Waals surface area contributed by atoms with Gasteiger partial charge in [0.25, 0.3) is 0 Å². The maximum absolute atomic E-state index is 12.1. The molecule has 2 aromatic carbocycles. The van der Waals surface area contributed by atoms with Gasteiger partial charge in [0.05, 0.1) is 5.92 Å². The summed E-state index contributed by atoms with van der Waals surface area (Å²) in [7, 11) is 0. The molecule has 0 saturated heterocycles. The fourth-order valence-corrected chi connectivity index (χ4v) is 2.20. The van der Waals surface area contributed by atoms with E-state index in [1.807, 2.05) is 6.07 Å². The average molecular weight is 289 g/mol. The van der Waals surface area contributed by atoms with Crippen LogP contribution in [0.5, 0.6) is 0 Å².